The minimum atomic E-state index is -0.524. The lowest BCUT2D eigenvalue weighted by Crippen LogP contribution is -2.56. The van der Waals surface area contributed by atoms with E-state index in [9.17, 15) is 9.90 Å². The van der Waals surface area contributed by atoms with Gasteiger partial charge < -0.3 is 10.2 Å². The van der Waals surface area contributed by atoms with E-state index in [4.69, 9.17) is 5.11 Å². The molecule has 34 heavy (non-hydrogen) atoms. The summed E-state index contributed by atoms with van der Waals surface area (Å²) in [4.78, 5) is 12.4. The SMILES string of the molecule is CC1(O)CC[C@H]2[C@@H]3C(CCCCCCCCCCCO)CC4=CC(=O)CC[C@]4(C)[C@@H]3CC[C@@]21C. The van der Waals surface area contributed by atoms with Crippen LogP contribution >= 0.6 is 0 Å². The van der Waals surface area contributed by atoms with Gasteiger partial charge in [-0.15, -0.1) is 0 Å². The summed E-state index contributed by atoms with van der Waals surface area (Å²) in [7, 11) is 0. The molecule has 2 unspecified atom stereocenters. The number of hydrogen-bond acceptors (Lipinski definition) is 3. The standard InChI is InChI=1S/C31H52O3/c1-29-17-14-25(33)22-24(29)21-23(13-11-9-7-5-4-6-8-10-12-20-32)28-26(29)15-18-30(2)27(28)16-19-31(30,3)34/h22-23,26-28,32,34H,4-21H2,1-3H3/t23?,26-,27+,28-,29+,30+,31?/m1/s1. The Bertz CT molecular complexity index is 739. The number of hydrogen-bond donors (Lipinski definition) is 2. The van der Waals surface area contributed by atoms with E-state index in [2.05, 4.69) is 26.8 Å². The zero-order chi connectivity index (χ0) is 24.4. The topological polar surface area (TPSA) is 57.5 Å². The van der Waals surface area contributed by atoms with Crippen molar-refractivity contribution in [2.45, 2.75) is 136 Å². The van der Waals surface area contributed by atoms with E-state index in [1.54, 1.807) is 0 Å². The number of rotatable bonds is 11. The van der Waals surface area contributed by atoms with Crippen molar-refractivity contribution in [2.24, 2.45) is 34.5 Å². The monoisotopic (exact) mass is 472 g/mol. The van der Waals surface area contributed by atoms with Gasteiger partial charge in [-0.25, -0.2) is 0 Å². The third kappa shape index (κ3) is 4.95. The van der Waals surface area contributed by atoms with Crippen LogP contribution in [0.25, 0.3) is 0 Å². The van der Waals surface area contributed by atoms with Crippen LogP contribution in [0.4, 0.5) is 0 Å². The van der Waals surface area contributed by atoms with Crippen molar-refractivity contribution in [3.63, 3.8) is 0 Å². The number of fused-ring (bicyclic) bond motifs is 5. The third-order valence-electron chi connectivity index (χ3n) is 11.4. The predicted molar refractivity (Wildman–Crippen MR) is 139 cm³/mol. The third-order valence-corrected chi connectivity index (χ3v) is 11.4. The van der Waals surface area contributed by atoms with Crippen LogP contribution in [0.1, 0.15) is 130 Å². The van der Waals surface area contributed by atoms with Gasteiger partial charge in [0.2, 0.25) is 0 Å². The van der Waals surface area contributed by atoms with Crippen molar-refractivity contribution in [2.75, 3.05) is 6.61 Å². The first-order valence-corrected chi connectivity index (χ1v) is 14.8. The van der Waals surface area contributed by atoms with Crippen molar-refractivity contribution < 1.29 is 15.0 Å². The highest BCUT2D eigenvalue weighted by molar-refractivity contribution is 5.91. The van der Waals surface area contributed by atoms with Crippen LogP contribution in [0.2, 0.25) is 0 Å². The molecule has 2 N–H and O–H groups in total. The Labute approximate surface area is 209 Å². The molecular formula is C31H52O3. The van der Waals surface area contributed by atoms with Crippen molar-refractivity contribution in [1.29, 1.82) is 0 Å². The van der Waals surface area contributed by atoms with Crippen LogP contribution < -0.4 is 0 Å². The number of aliphatic hydroxyl groups excluding tert-OH is 1. The van der Waals surface area contributed by atoms with Gasteiger partial charge in [0.1, 0.15) is 0 Å². The second kappa shape index (κ2) is 10.8. The van der Waals surface area contributed by atoms with Crippen molar-refractivity contribution in [3.05, 3.63) is 11.6 Å². The van der Waals surface area contributed by atoms with Gasteiger partial charge >= 0.3 is 0 Å². The number of carbonyl (C=O) groups is 1. The molecule has 0 radical (unpaired) electrons. The second-order valence-electron chi connectivity index (χ2n) is 13.3. The molecule has 194 valence electrons. The number of carbonyl (C=O) groups excluding carboxylic acids is 1. The highest BCUT2D eigenvalue weighted by Crippen LogP contribution is 2.69. The number of unbranched alkanes of at least 4 members (excludes halogenated alkanes) is 8. The summed E-state index contributed by atoms with van der Waals surface area (Å²) in [6.45, 7) is 7.33. The molecule has 0 amide bonds. The molecule has 0 aromatic rings. The van der Waals surface area contributed by atoms with Gasteiger partial charge in [-0.2, -0.15) is 0 Å². The maximum atomic E-state index is 12.4. The average Bonchev–Trinajstić information content (AvgIpc) is 3.05. The predicted octanol–water partition coefficient (Wildman–Crippen LogP) is 7.39. The van der Waals surface area contributed by atoms with Crippen LogP contribution in [-0.2, 0) is 4.79 Å². The molecule has 4 aliphatic rings. The smallest absolute Gasteiger partial charge is 0.155 e. The van der Waals surface area contributed by atoms with Crippen molar-refractivity contribution >= 4 is 5.78 Å². The van der Waals surface area contributed by atoms with E-state index < -0.39 is 5.60 Å². The molecule has 4 rings (SSSR count). The Hall–Kier alpha value is -0.670. The van der Waals surface area contributed by atoms with E-state index in [-0.39, 0.29) is 10.8 Å². The average molecular weight is 473 g/mol. The Morgan fingerprint density at radius 2 is 1.47 bits per heavy atom. The fourth-order valence-electron chi connectivity index (χ4n) is 9.00. The van der Waals surface area contributed by atoms with Gasteiger partial charge in [0.05, 0.1) is 5.60 Å². The Morgan fingerprint density at radius 1 is 0.853 bits per heavy atom. The summed E-state index contributed by atoms with van der Waals surface area (Å²) in [5.74, 6) is 3.09. The Morgan fingerprint density at radius 3 is 2.15 bits per heavy atom. The van der Waals surface area contributed by atoms with E-state index in [0.717, 1.165) is 44.4 Å². The van der Waals surface area contributed by atoms with E-state index in [1.807, 2.05) is 0 Å². The lowest BCUT2D eigenvalue weighted by Gasteiger charge is -2.61. The van der Waals surface area contributed by atoms with Gasteiger partial charge in [0, 0.05) is 13.0 Å². The van der Waals surface area contributed by atoms with Gasteiger partial charge in [0.25, 0.3) is 0 Å². The maximum Gasteiger partial charge on any atom is 0.155 e. The summed E-state index contributed by atoms with van der Waals surface area (Å²) < 4.78 is 0. The number of ketones is 1. The molecule has 7 atom stereocenters. The summed E-state index contributed by atoms with van der Waals surface area (Å²) >= 11 is 0. The first-order valence-electron chi connectivity index (χ1n) is 14.8. The van der Waals surface area contributed by atoms with Crippen molar-refractivity contribution in [3.8, 4) is 0 Å². The molecule has 0 saturated heterocycles. The molecular weight excluding hydrogens is 420 g/mol. The quantitative estimate of drug-likeness (QED) is 0.308. The van der Waals surface area contributed by atoms with Gasteiger partial charge in [0.15, 0.2) is 5.78 Å². The lowest BCUT2D eigenvalue weighted by molar-refractivity contribution is -0.135. The zero-order valence-corrected chi connectivity index (χ0v) is 22.4. The molecule has 0 aliphatic heterocycles. The molecule has 0 heterocycles. The molecule has 4 aliphatic carbocycles. The highest BCUT2D eigenvalue weighted by Gasteiger charge is 2.64. The summed E-state index contributed by atoms with van der Waals surface area (Å²) in [6, 6.07) is 0. The van der Waals surface area contributed by atoms with E-state index >= 15 is 0 Å². The van der Waals surface area contributed by atoms with Crippen LogP contribution in [0.3, 0.4) is 0 Å². The van der Waals surface area contributed by atoms with Gasteiger partial charge in [-0.3, -0.25) is 4.79 Å². The lowest BCUT2D eigenvalue weighted by atomic mass is 9.44. The fraction of sp³-hybridized carbons (Fsp3) is 0.903. The molecule has 0 aromatic carbocycles. The van der Waals surface area contributed by atoms with E-state index in [1.165, 1.54) is 76.2 Å². The maximum absolute atomic E-state index is 12.4. The number of allylic oxidation sites excluding steroid dienone is 1. The summed E-state index contributed by atoms with van der Waals surface area (Å²) in [5, 5.41) is 20.2. The van der Waals surface area contributed by atoms with Crippen LogP contribution in [0.15, 0.2) is 11.6 Å². The van der Waals surface area contributed by atoms with Crippen LogP contribution in [0, 0.1) is 34.5 Å². The number of aliphatic hydroxyl groups is 2. The Kier molecular flexibility index (Phi) is 8.35. The first kappa shape index (κ1) is 26.4. The molecule has 3 saturated carbocycles. The fourth-order valence-corrected chi connectivity index (χ4v) is 9.00. The molecule has 0 bridgehead atoms. The van der Waals surface area contributed by atoms with Crippen LogP contribution in [0.5, 0.6) is 0 Å². The summed E-state index contributed by atoms with van der Waals surface area (Å²) in [6.07, 6.45) is 22.2. The molecule has 0 spiro atoms. The van der Waals surface area contributed by atoms with Crippen molar-refractivity contribution in [1.82, 2.24) is 0 Å². The normalized spacial score (nSPS) is 41.6. The van der Waals surface area contributed by atoms with Gasteiger partial charge in [-0.05, 0) is 98.9 Å². The highest BCUT2D eigenvalue weighted by atomic mass is 16.3. The Balaban J connectivity index is 1.39. The van der Waals surface area contributed by atoms with Gasteiger partial charge in [-0.1, -0.05) is 70.8 Å². The zero-order valence-electron chi connectivity index (χ0n) is 22.4. The van der Waals surface area contributed by atoms with E-state index in [0.29, 0.717) is 30.1 Å². The summed E-state index contributed by atoms with van der Waals surface area (Å²) in [5.41, 5.74) is 1.22. The molecule has 0 aromatic heterocycles. The molecule has 3 fully saturated rings. The molecule has 3 heteroatoms. The minimum absolute atomic E-state index is 0.0600. The first-order chi connectivity index (χ1) is 16.2. The minimum Gasteiger partial charge on any atom is -0.396 e. The largest absolute Gasteiger partial charge is 0.396 e. The van der Waals surface area contributed by atoms with Crippen LogP contribution in [-0.4, -0.2) is 28.2 Å². The molecule has 3 nitrogen and oxygen atoms in total. The second-order valence-corrected chi connectivity index (χ2v) is 13.3.